The zero-order chi connectivity index (χ0) is 16.8. The Balaban J connectivity index is 2.73. The van der Waals surface area contributed by atoms with Crippen LogP contribution in [0.25, 0.3) is 0 Å². The number of carbonyl (C=O) groups excluding carboxylic acids is 1. The van der Waals surface area contributed by atoms with Crippen LogP contribution in [0.1, 0.15) is 18.9 Å². The number of rotatable bonds is 3. The molecule has 2 rings (SSSR count). The Hall–Kier alpha value is -1.61. The second kappa shape index (κ2) is 5.24. The molecule has 1 aromatic rings. The summed E-state index contributed by atoms with van der Waals surface area (Å²) in [6.07, 6.45) is 1.65. The Morgan fingerprint density at radius 2 is 1.77 bits per heavy atom. The Morgan fingerprint density at radius 1 is 1.18 bits per heavy atom. The van der Waals surface area contributed by atoms with Crippen LogP contribution < -0.4 is 10.1 Å². The molecule has 0 saturated carbocycles. The van der Waals surface area contributed by atoms with E-state index in [1.165, 1.54) is 25.1 Å². The number of carbonyl (C=O) groups is 1. The zero-order valence-corrected chi connectivity index (χ0v) is 14.0. The first-order valence-corrected chi connectivity index (χ1v) is 10.2. The van der Waals surface area contributed by atoms with E-state index in [1.54, 1.807) is 0 Å². The lowest BCUT2D eigenvalue weighted by Crippen LogP contribution is -2.46. The number of hydrogen-bond acceptors (Lipinski definition) is 6. The summed E-state index contributed by atoms with van der Waals surface area (Å²) in [6, 6.07) is 4.27. The first-order valence-electron chi connectivity index (χ1n) is 6.43. The van der Waals surface area contributed by atoms with Crippen LogP contribution in [-0.2, 0) is 28.5 Å². The van der Waals surface area contributed by atoms with Gasteiger partial charge >= 0.3 is 0 Å². The first kappa shape index (κ1) is 16.8. The lowest BCUT2D eigenvalue weighted by Gasteiger charge is -2.35. The number of hydrogen-bond donors (Lipinski definition) is 1. The molecule has 7 nitrogen and oxygen atoms in total. The van der Waals surface area contributed by atoms with Gasteiger partial charge in [-0.05, 0) is 6.07 Å². The van der Waals surface area contributed by atoms with Crippen molar-refractivity contribution in [3.63, 3.8) is 0 Å². The summed E-state index contributed by atoms with van der Waals surface area (Å²) in [5.41, 5.74) is 0.488. The summed E-state index contributed by atoms with van der Waals surface area (Å²) < 4.78 is 52.5. The van der Waals surface area contributed by atoms with Crippen molar-refractivity contribution in [2.45, 2.75) is 17.4 Å². The minimum absolute atomic E-state index is 0.0450. The number of anilines is 1. The van der Waals surface area contributed by atoms with Crippen molar-refractivity contribution >= 4 is 31.3 Å². The fourth-order valence-electron chi connectivity index (χ4n) is 2.71. The quantitative estimate of drug-likeness (QED) is 0.861. The van der Waals surface area contributed by atoms with E-state index in [2.05, 4.69) is 5.32 Å². The maximum absolute atomic E-state index is 12.3. The maximum atomic E-state index is 12.3. The van der Waals surface area contributed by atoms with Crippen molar-refractivity contribution in [2.75, 3.05) is 24.4 Å². The monoisotopic (exact) mass is 347 g/mol. The van der Waals surface area contributed by atoms with E-state index in [-0.39, 0.29) is 30.2 Å². The Morgan fingerprint density at radius 3 is 2.27 bits per heavy atom. The van der Waals surface area contributed by atoms with E-state index in [9.17, 15) is 21.6 Å². The molecule has 1 heterocycles. The number of fused-ring (bicyclic) bond motifs is 1. The molecule has 0 spiro atoms. The summed E-state index contributed by atoms with van der Waals surface area (Å²) in [7, 11) is -7.90. The molecule has 22 heavy (non-hydrogen) atoms. The molecule has 1 N–H and O–H groups in total. The van der Waals surface area contributed by atoms with Gasteiger partial charge in [0.1, 0.15) is 5.75 Å². The van der Waals surface area contributed by atoms with E-state index in [1.807, 2.05) is 0 Å². The number of benzene rings is 1. The maximum Gasteiger partial charge on any atom is 0.221 e. The minimum atomic E-state index is -3.95. The molecule has 0 fully saturated rings. The average Bonchev–Trinajstić information content (AvgIpc) is 2.34. The predicted octanol–water partition coefficient (Wildman–Crippen LogP) is 0.670. The molecular weight excluding hydrogens is 330 g/mol. The summed E-state index contributed by atoms with van der Waals surface area (Å²) in [6.45, 7) is 1.29. The van der Waals surface area contributed by atoms with Crippen LogP contribution in [0, 0.1) is 0 Å². The standard InChI is InChI=1S/C13H17NO6S2/c1-9(15)14-10-4-5-11-12(8-10)20-7-6-13(11,21(2,16)17)22(3,18)19/h4-5,8H,6-7H2,1-3H3,(H,14,15). The SMILES string of the molecule is CC(=O)Nc1ccc2c(c1)OCCC2(S(C)(=O)=O)S(C)(=O)=O. The number of nitrogens with one attached hydrogen (secondary N) is 1. The van der Waals surface area contributed by atoms with Crippen molar-refractivity contribution in [1.29, 1.82) is 0 Å². The second-order valence-electron chi connectivity index (χ2n) is 5.29. The van der Waals surface area contributed by atoms with Gasteiger partial charge in [0.2, 0.25) is 9.99 Å². The molecule has 122 valence electrons. The van der Waals surface area contributed by atoms with Crippen LogP contribution in [0.5, 0.6) is 5.75 Å². The highest BCUT2D eigenvalue weighted by molar-refractivity contribution is 8.09. The molecule has 0 aromatic heterocycles. The molecule has 0 bridgehead atoms. The third-order valence-electron chi connectivity index (χ3n) is 3.60. The molecule has 1 aromatic carbocycles. The van der Waals surface area contributed by atoms with Gasteiger partial charge in [0.15, 0.2) is 19.7 Å². The molecule has 1 aliphatic rings. The first-order chi connectivity index (χ1) is 9.99. The third kappa shape index (κ3) is 2.58. The summed E-state index contributed by atoms with van der Waals surface area (Å²) >= 11 is 0. The van der Waals surface area contributed by atoms with Gasteiger partial charge in [0.05, 0.1) is 6.61 Å². The van der Waals surface area contributed by atoms with E-state index in [4.69, 9.17) is 4.74 Å². The second-order valence-corrected chi connectivity index (χ2v) is 10.0. The fourth-order valence-corrected chi connectivity index (χ4v) is 6.96. The van der Waals surface area contributed by atoms with E-state index >= 15 is 0 Å². The molecule has 0 atom stereocenters. The Bertz CT molecular complexity index is 794. The van der Waals surface area contributed by atoms with Gasteiger partial charge in [-0.2, -0.15) is 0 Å². The lowest BCUT2D eigenvalue weighted by atomic mass is 10.0. The molecule has 9 heteroatoms. The van der Waals surface area contributed by atoms with Crippen molar-refractivity contribution in [3.05, 3.63) is 23.8 Å². The van der Waals surface area contributed by atoms with Crippen LogP contribution >= 0.6 is 0 Å². The van der Waals surface area contributed by atoms with E-state index < -0.39 is 23.8 Å². The lowest BCUT2D eigenvalue weighted by molar-refractivity contribution is -0.114. The van der Waals surface area contributed by atoms with Crippen molar-refractivity contribution in [1.82, 2.24) is 0 Å². The average molecular weight is 347 g/mol. The van der Waals surface area contributed by atoms with Crippen molar-refractivity contribution < 1.29 is 26.4 Å². The van der Waals surface area contributed by atoms with Crippen LogP contribution in [-0.4, -0.2) is 41.9 Å². The number of ether oxygens (including phenoxy) is 1. The predicted molar refractivity (Wildman–Crippen MR) is 82.2 cm³/mol. The van der Waals surface area contributed by atoms with Gasteiger partial charge in [-0.15, -0.1) is 0 Å². The minimum Gasteiger partial charge on any atom is -0.493 e. The molecule has 0 radical (unpaired) electrons. The van der Waals surface area contributed by atoms with E-state index in [0.29, 0.717) is 5.69 Å². The normalized spacial score (nSPS) is 17.2. The van der Waals surface area contributed by atoms with Gasteiger partial charge < -0.3 is 10.1 Å². The van der Waals surface area contributed by atoms with Gasteiger partial charge in [-0.25, -0.2) is 16.8 Å². The summed E-state index contributed by atoms with van der Waals surface area (Å²) in [5, 5.41) is 2.54. The molecule has 0 unspecified atom stereocenters. The molecule has 1 amide bonds. The van der Waals surface area contributed by atoms with Gasteiger partial charge in [0, 0.05) is 43.2 Å². The molecular formula is C13H17NO6S2. The number of sulfone groups is 2. The van der Waals surface area contributed by atoms with Gasteiger partial charge in [-0.3, -0.25) is 4.79 Å². The van der Waals surface area contributed by atoms with Crippen LogP contribution in [0.2, 0.25) is 0 Å². The van der Waals surface area contributed by atoms with Crippen LogP contribution in [0.4, 0.5) is 5.69 Å². The number of amides is 1. The smallest absolute Gasteiger partial charge is 0.221 e. The van der Waals surface area contributed by atoms with Gasteiger partial charge in [-0.1, -0.05) is 6.07 Å². The zero-order valence-electron chi connectivity index (χ0n) is 12.4. The molecule has 0 aliphatic carbocycles. The van der Waals surface area contributed by atoms with Crippen LogP contribution in [0.15, 0.2) is 18.2 Å². The summed E-state index contributed by atoms with van der Waals surface area (Å²) in [5.74, 6) is -0.151. The largest absolute Gasteiger partial charge is 0.493 e. The van der Waals surface area contributed by atoms with E-state index in [0.717, 1.165) is 12.5 Å². The third-order valence-corrected chi connectivity index (χ3v) is 8.66. The van der Waals surface area contributed by atoms with Crippen LogP contribution in [0.3, 0.4) is 0 Å². The highest BCUT2D eigenvalue weighted by Gasteiger charge is 2.55. The van der Waals surface area contributed by atoms with Gasteiger partial charge in [0.25, 0.3) is 0 Å². The topological polar surface area (TPSA) is 107 Å². The Labute approximate surface area is 129 Å². The molecule has 1 aliphatic heterocycles. The van der Waals surface area contributed by atoms with Crippen molar-refractivity contribution in [2.24, 2.45) is 0 Å². The molecule has 0 saturated heterocycles. The Kier molecular flexibility index (Phi) is 3.99. The summed E-state index contributed by atoms with van der Waals surface area (Å²) in [4.78, 5) is 11.1. The highest BCUT2D eigenvalue weighted by Crippen LogP contribution is 2.46. The van der Waals surface area contributed by atoms with Crippen molar-refractivity contribution in [3.8, 4) is 5.75 Å². The highest BCUT2D eigenvalue weighted by atomic mass is 32.3. The fraction of sp³-hybridized carbons (Fsp3) is 0.462.